The third-order valence-corrected chi connectivity index (χ3v) is 1.70. The van der Waals surface area contributed by atoms with Gasteiger partial charge in [0, 0.05) is 5.56 Å². The molecule has 0 radical (unpaired) electrons. The number of hydrogen-bond donors (Lipinski definition) is 0. The van der Waals surface area contributed by atoms with Crippen LogP contribution in [-0.4, -0.2) is 13.2 Å². The molecule has 1 rings (SSSR count). The Morgan fingerprint density at radius 3 is 2.77 bits per heavy atom. The summed E-state index contributed by atoms with van der Waals surface area (Å²) in [5.74, 6) is -0.120. The standard InChI is InChI=1S/C9H8FNO2/c1-6-8(13-2)4-3-7(9(6)10)11-5-12/h3-4H,1-2H3. The van der Waals surface area contributed by atoms with Crippen molar-refractivity contribution in [1.82, 2.24) is 0 Å². The van der Waals surface area contributed by atoms with E-state index in [4.69, 9.17) is 4.74 Å². The minimum Gasteiger partial charge on any atom is -0.496 e. The van der Waals surface area contributed by atoms with Crippen LogP contribution >= 0.6 is 0 Å². The van der Waals surface area contributed by atoms with E-state index in [0.717, 1.165) is 0 Å². The molecule has 4 heteroatoms. The molecular weight excluding hydrogens is 173 g/mol. The van der Waals surface area contributed by atoms with Crippen molar-refractivity contribution in [2.75, 3.05) is 7.11 Å². The van der Waals surface area contributed by atoms with E-state index in [1.165, 1.54) is 19.3 Å². The molecule has 0 aliphatic carbocycles. The van der Waals surface area contributed by atoms with Crippen molar-refractivity contribution in [2.45, 2.75) is 6.92 Å². The number of isocyanates is 1. The quantitative estimate of drug-likeness (QED) is 0.517. The van der Waals surface area contributed by atoms with Gasteiger partial charge in [0.2, 0.25) is 6.08 Å². The van der Waals surface area contributed by atoms with Gasteiger partial charge in [-0.2, -0.15) is 4.99 Å². The zero-order valence-electron chi connectivity index (χ0n) is 7.30. The summed E-state index contributed by atoms with van der Waals surface area (Å²) >= 11 is 0. The maximum Gasteiger partial charge on any atom is 0.240 e. The van der Waals surface area contributed by atoms with Gasteiger partial charge >= 0.3 is 0 Å². The van der Waals surface area contributed by atoms with Crippen molar-refractivity contribution < 1.29 is 13.9 Å². The first-order chi connectivity index (χ1) is 6.20. The summed E-state index contributed by atoms with van der Waals surface area (Å²) in [6.07, 6.45) is 1.28. The lowest BCUT2D eigenvalue weighted by Crippen LogP contribution is -1.90. The lowest BCUT2D eigenvalue weighted by molar-refractivity contribution is 0.407. The smallest absolute Gasteiger partial charge is 0.240 e. The maximum atomic E-state index is 13.3. The van der Waals surface area contributed by atoms with Crippen LogP contribution in [0.4, 0.5) is 10.1 Å². The topological polar surface area (TPSA) is 38.7 Å². The number of ether oxygens (including phenoxy) is 1. The number of rotatable bonds is 2. The number of benzene rings is 1. The van der Waals surface area contributed by atoms with Crippen LogP contribution in [0.25, 0.3) is 0 Å². The van der Waals surface area contributed by atoms with E-state index < -0.39 is 5.82 Å². The summed E-state index contributed by atoms with van der Waals surface area (Å²) in [4.78, 5) is 13.1. The molecule has 0 spiro atoms. The minimum absolute atomic E-state index is 0.0201. The van der Waals surface area contributed by atoms with Crippen LogP contribution in [0.1, 0.15) is 5.56 Å². The molecule has 0 aromatic heterocycles. The van der Waals surface area contributed by atoms with Gasteiger partial charge in [-0.05, 0) is 19.1 Å². The molecule has 0 bridgehead atoms. The van der Waals surface area contributed by atoms with Crippen LogP contribution in [0.5, 0.6) is 5.75 Å². The van der Waals surface area contributed by atoms with Gasteiger partial charge in [0.25, 0.3) is 0 Å². The van der Waals surface area contributed by atoms with E-state index in [9.17, 15) is 9.18 Å². The molecule has 1 aromatic carbocycles. The first-order valence-corrected chi connectivity index (χ1v) is 3.61. The van der Waals surface area contributed by atoms with Crippen LogP contribution in [0.15, 0.2) is 17.1 Å². The average molecular weight is 181 g/mol. The fraction of sp³-hybridized carbons (Fsp3) is 0.222. The molecule has 0 aliphatic heterocycles. The molecule has 0 aliphatic rings. The Hall–Kier alpha value is -1.67. The van der Waals surface area contributed by atoms with E-state index in [0.29, 0.717) is 11.3 Å². The summed E-state index contributed by atoms with van der Waals surface area (Å²) in [5.41, 5.74) is 0.312. The van der Waals surface area contributed by atoms with Crippen LogP contribution in [0.2, 0.25) is 0 Å². The first kappa shape index (κ1) is 9.42. The third-order valence-electron chi connectivity index (χ3n) is 1.70. The molecule has 0 fully saturated rings. The Morgan fingerprint density at radius 2 is 2.23 bits per heavy atom. The highest BCUT2D eigenvalue weighted by Gasteiger charge is 2.08. The monoisotopic (exact) mass is 181 g/mol. The van der Waals surface area contributed by atoms with Gasteiger partial charge in [0.15, 0.2) is 5.82 Å². The predicted molar refractivity (Wildman–Crippen MR) is 45.5 cm³/mol. The first-order valence-electron chi connectivity index (χ1n) is 3.61. The third kappa shape index (κ3) is 1.73. The van der Waals surface area contributed by atoms with Crippen molar-refractivity contribution in [3.63, 3.8) is 0 Å². The van der Waals surface area contributed by atoms with E-state index in [1.54, 1.807) is 13.0 Å². The predicted octanol–water partition coefficient (Wildman–Crippen LogP) is 2.11. The molecule has 3 nitrogen and oxygen atoms in total. The Kier molecular flexibility index (Phi) is 2.77. The van der Waals surface area contributed by atoms with Gasteiger partial charge in [-0.1, -0.05) is 0 Å². The van der Waals surface area contributed by atoms with Gasteiger partial charge in [-0.25, -0.2) is 9.18 Å². The fourth-order valence-electron chi connectivity index (χ4n) is 1.01. The summed E-state index contributed by atoms with van der Waals surface area (Å²) in [6, 6.07) is 2.92. The molecule has 0 saturated carbocycles. The largest absolute Gasteiger partial charge is 0.496 e. The van der Waals surface area contributed by atoms with E-state index in [1.807, 2.05) is 0 Å². The Balaban J connectivity index is 3.30. The van der Waals surface area contributed by atoms with Crippen LogP contribution in [-0.2, 0) is 4.79 Å². The van der Waals surface area contributed by atoms with Gasteiger partial charge in [-0.3, -0.25) is 0 Å². The molecule has 0 N–H and O–H groups in total. The van der Waals surface area contributed by atoms with E-state index in [2.05, 4.69) is 4.99 Å². The molecule has 0 amide bonds. The Labute approximate surface area is 74.9 Å². The highest BCUT2D eigenvalue weighted by molar-refractivity contribution is 5.54. The molecule has 0 heterocycles. The van der Waals surface area contributed by atoms with E-state index in [-0.39, 0.29) is 5.69 Å². The summed E-state index contributed by atoms with van der Waals surface area (Å²) in [7, 11) is 1.45. The summed E-state index contributed by atoms with van der Waals surface area (Å²) in [6.45, 7) is 1.55. The number of hydrogen-bond acceptors (Lipinski definition) is 3. The molecule has 13 heavy (non-hydrogen) atoms. The van der Waals surface area contributed by atoms with Crippen molar-refractivity contribution in [3.05, 3.63) is 23.5 Å². The number of carbonyl (C=O) groups excluding carboxylic acids is 1. The Bertz CT molecular complexity index is 370. The van der Waals surface area contributed by atoms with Gasteiger partial charge in [0.05, 0.1) is 7.11 Å². The highest BCUT2D eigenvalue weighted by Crippen LogP contribution is 2.27. The van der Waals surface area contributed by atoms with Crippen LogP contribution < -0.4 is 4.74 Å². The maximum absolute atomic E-state index is 13.3. The number of halogens is 1. The van der Waals surface area contributed by atoms with Crippen molar-refractivity contribution in [3.8, 4) is 5.75 Å². The summed E-state index contributed by atoms with van der Waals surface area (Å²) < 4.78 is 18.2. The molecule has 0 unspecified atom stereocenters. The molecule has 1 aromatic rings. The number of methoxy groups -OCH3 is 1. The zero-order valence-corrected chi connectivity index (χ0v) is 7.30. The molecule has 0 atom stereocenters. The van der Waals surface area contributed by atoms with Gasteiger partial charge < -0.3 is 4.74 Å². The number of nitrogens with zero attached hydrogens (tertiary/aromatic N) is 1. The fourth-order valence-corrected chi connectivity index (χ4v) is 1.01. The van der Waals surface area contributed by atoms with Crippen molar-refractivity contribution in [1.29, 1.82) is 0 Å². The highest BCUT2D eigenvalue weighted by atomic mass is 19.1. The van der Waals surface area contributed by atoms with E-state index >= 15 is 0 Å². The summed E-state index contributed by atoms with van der Waals surface area (Å²) in [5, 5.41) is 0. The van der Waals surface area contributed by atoms with Crippen molar-refractivity contribution >= 4 is 11.8 Å². The second-order valence-corrected chi connectivity index (χ2v) is 2.43. The zero-order chi connectivity index (χ0) is 9.84. The van der Waals surface area contributed by atoms with Crippen LogP contribution in [0.3, 0.4) is 0 Å². The lowest BCUT2D eigenvalue weighted by atomic mass is 10.2. The van der Waals surface area contributed by atoms with Crippen molar-refractivity contribution in [2.24, 2.45) is 4.99 Å². The minimum atomic E-state index is -0.553. The van der Waals surface area contributed by atoms with Gasteiger partial charge in [0.1, 0.15) is 11.4 Å². The normalized spacial score (nSPS) is 9.15. The molecule has 68 valence electrons. The second kappa shape index (κ2) is 3.83. The number of aliphatic imine (C=N–C) groups is 1. The lowest BCUT2D eigenvalue weighted by Gasteiger charge is -2.05. The molecule has 0 saturated heterocycles. The SMILES string of the molecule is COc1ccc(N=C=O)c(F)c1C. The molecular formula is C9H8FNO2. The van der Waals surface area contributed by atoms with Crippen LogP contribution in [0, 0.1) is 12.7 Å². The second-order valence-electron chi connectivity index (χ2n) is 2.43. The Morgan fingerprint density at radius 1 is 1.54 bits per heavy atom. The van der Waals surface area contributed by atoms with Gasteiger partial charge in [-0.15, -0.1) is 0 Å². The average Bonchev–Trinajstić information content (AvgIpc) is 2.14.